The van der Waals surface area contributed by atoms with E-state index in [4.69, 9.17) is 5.73 Å². The van der Waals surface area contributed by atoms with Gasteiger partial charge in [-0.2, -0.15) is 0 Å². The lowest BCUT2D eigenvalue weighted by Gasteiger charge is -2.47. The Bertz CT molecular complexity index is 662. The monoisotopic (exact) mass is 315 g/mol. The van der Waals surface area contributed by atoms with Crippen LogP contribution in [0.1, 0.15) is 33.6 Å². The highest BCUT2D eigenvalue weighted by molar-refractivity contribution is 5.63. The Kier molecular flexibility index (Phi) is 4.02. The largest absolute Gasteiger partial charge is 0.399 e. The molecule has 6 heteroatoms. The van der Waals surface area contributed by atoms with Crippen LogP contribution in [-0.2, 0) is 0 Å². The van der Waals surface area contributed by atoms with Crippen LogP contribution in [0.25, 0.3) is 5.69 Å². The third kappa shape index (κ3) is 3.17. The standard InChI is InChI=1S/C17H25N5O/c1-17(2,3)16-15(23)5-4-6-22(16)14-8-12(18)7-13(9-14)21-10-19-20-11-21/h7-11,15-16,23H,4-6,18H2,1-3H3/t15-,16?/m1/s1. The minimum atomic E-state index is -0.330. The first-order valence-corrected chi connectivity index (χ1v) is 8.06. The van der Waals surface area contributed by atoms with Gasteiger partial charge >= 0.3 is 0 Å². The number of anilines is 2. The predicted octanol–water partition coefficient (Wildman–Crippen LogP) is 2.23. The molecule has 1 fully saturated rings. The summed E-state index contributed by atoms with van der Waals surface area (Å²) in [6.45, 7) is 7.44. The molecule has 0 saturated carbocycles. The average Bonchev–Trinajstić information content (AvgIpc) is 2.99. The third-order valence-corrected chi connectivity index (χ3v) is 4.46. The molecule has 1 saturated heterocycles. The SMILES string of the molecule is CC(C)(C)C1[C@H](O)CCCN1c1cc(N)cc(-n2cnnc2)c1. The molecule has 124 valence electrons. The number of aliphatic hydroxyl groups excluding tert-OH is 1. The summed E-state index contributed by atoms with van der Waals surface area (Å²) in [6, 6.07) is 6.02. The van der Waals surface area contributed by atoms with Crippen molar-refractivity contribution >= 4 is 11.4 Å². The van der Waals surface area contributed by atoms with Crippen molar-refractivity contribution in [1.82, 2.24) is 14.8 Å². The molecule has 0 spiro atoms. The minimum Gasteiger partial charge on any atom is -0.399 e. The normalized spacial score (nSPS) is 22.3. The van der Waals surface area contributed by atoms with E-state index in [1.165, 1.54) is 0 Å². The number of hydrogen-bond acceptors (Lipinski definition) is 5. The van der Waals surface area contributed by atoms with E-state index in [1.807, 2.05) is 16.7 Å². The van der Waals surface area contributed by atoms with Crippen LogP contribution in [0.5, 0.6) is 0 Å². The highest BCUT2D eigenvalue weighted by Crippen LogP contribution is 2.36. The lowest BCUT2D eigenvalue weighted by molar-refractivity contribution is 0.0633. The highest BCUT2D eigenvalue weighted by atomic mass is 16.3. The summed E-state index contributed by atoms with van der Waals surface area (Å²) in [5, 5.41) is 18.3. The van der Waals surface area contributed by atoms with Crippen LogP contribution in [0, 0.1) is 5.41 Å². The molecule has 1 aromatic heterocycles. The second-order valence-electron chi connectivity index (χ2n) is 7.37. The van der Waals surface area contributed by atoms with Gasteiger partial charge in [0.25, 0.3) is 0 Å². The summed E-state index contributed by atoms with van der Waals surface area (Å²) in [6.07, 6.45) is 4.81. The van der Waals surface area contributed by atoms with Crippen molar-refractivity contribution in [1.29, 1.82) is 0 Å². The number of aliphatic hydroxyl groups is 1. The van der Waals surface area contributed by atoms with Gasteiger partial charge in [0, 0.05) is 17.9 Å². The van der Waals surface area contributed by atoms with Crippen LogP contribution in [0.15, 0.2) is 30.9 Å². The summed E-state index contributed by atoms with van der Waals surface area (Å²) >= 11 is 0. The molecule has 1 aromatic carbocycles. The van der Waals surface area contributed by atoms with Crippen LogP contribution < -0.4 is 10.6 Å². The van der Waals surface area contributed by atoms with Gasteiger partial charge in [-0.05, 0) is 36.5 Å². The van der Waals surface area contributed by atoms with Crippen molar-refractivity contribution in [2.45, 2.75) is 45.8 Å². The first-order chi connectivity index (χ1) is 10.9. The molecule has 1 unspecified atom stereocenters. The minimum absolute atomic E-state index is 0.0266. The van der Waals surface area contributed by atoms with E-state index >= 15 is 0 Å². The lowest BCUT2D eigenvalue weighted by Crippen LogP contribution is -2.55. The van der Waals surface area contributed by atoms with Gasteiger partial charge in [0.05, 0.1) is 17.8 Å². The van der Waals surface area contributed by atoms with Gasteiger partial charge in [0.2, 0.25) is 0 Å². The van der Waals surface area contributed by atoms with Gasteiger partial charge in [0.15, 0.2) is 0 Å². The van der Waals surface area contributed by atoms with Gasteiger partial charge in [-0.15, -0.1) is 10.2 Å². The van der Waals surface area contributed by atoms with Gasteiger partial charge in [-0.1, -0.05) is 20.8 Å². The summed E-state index contributed by atoms with van der Waals surface area (Å²) in [5.41, 5.74) is 8.75. The molecule has 1 aliphatic rings. The molecule has 0 radical (unpaired) electrons. The van der Waals surface area contributed by atoms with Gasteiger partial charge in [0.1, 0.15) is 12.7 Å². The van der Waals surface area contributed by atoms with E-state index < -0.39 is 0 Å². The number of rotatable bonds is 2. The molecule has 0 aliphatic carbocycles. The van der Waals surface area contributed by atoms with E-state index in [2.05, 4.69) is 41.9 Å². The summed E-state index contributed by atoms with van der Waals surface area (Å²) in [5.74, 6) is 0. The summed E-state index contributed by atoms with van der Waals surface area (Å²) < 4.78 is 1.84. The quantitative estimate of drug-likeness (QED) is 0.831. The molecule has 3 rings (SSSR count). The Balaban J connectivity index is 2.02. The number of aromatic nitrogens is 3. The topological polar surface area (TPSA) is 80.2 Å². The maximum absolute atomic E-state index is 10.6. The van der Waals surface area contributed by atoms with E-state index in [0.29, 0.717) is 5.69 Å². The van der Waals surface area contributed by atoms with Crippen molar-refractivity contribution < 1.29 is 5.11 Å². The van der Waals surface area contributed by atoms with Crippen LogP contribution in [0.4, 0.5) is 11.4 Å². The van der Waals surface area contributed by atoms with Gasteiger partial charge in [-0.3, -0.25) is 4.57 Å². The second-order valence-corrected chi connectivity index (χ2v) is 7.37. The Hall–Kier alpha value is -2.08. The molecular formula is C17H25N5O. The van der Waals surface area contributed by atoms with E-state index in [1.54, 1.807) is 12.7 Å². The van der Waals surface area contributed by atoms with Gasteiger partial charge in [-0.25, -0.2) is 0 Å². The van der Waals surface area contributed by atoms with E-state index in [0.717, 1.165) is 30.8 Å². The zero-order valence-corrected chi connectivity index (χ0v) is 14.0. The molecule has 23 heavy (non-hydrogen) atoms. The van der Waals surface area contributed by atoms with Crippen LogP contribution in [-0.4, -0.2) is 38.6 Å². The lowest BCUT2D eigenvalue weighted by atomic mass is 9.78. The van der Waals surface area contributed by atoms with Crippen molar-refractivity contribution in [2.75, 3.05) is 17.2 Å². The van der Waals surface area contributed by atoms with Gasteiger partial charge < -0.3 is 15.7 Å². The fraction of sp³-hybridized carbons (Fsp3) is 0.529. The zero-order valence-electron chi connectivity index (χ0n) is 14.0. The first-order valence-electron chi connectivity index (χ1n) is 8.06. The van der Waals surface area contributed by atoms with Crippen LogP contribution in [0.2, 0.25) is 0 Å². The predicted molar refractivity (Wildman–Crippen MR) is 91.6 cm³/mol. The smallest absolute Gasteiger partial charge is 0.123 e. The van der Waals surface area contributed by atoms with Crippen molar-refractivity contribution in [3.63, 3.8) is 0 Å². The van der Waals surface area contributed by atoms with Crippen LogP contribution in [0.3, 0.4) is 0 Å². The van der Waals surface area contributed by atoms with E-state index in [-0.39, 0.29) is 17.6 Å². The molecule has 1 aliphatic heterocycles. The maximum atomic E-state index is 10.6. The second kappa shape index (κ2) is 5.85. The number of hydrogen-bond donors (Lipinski definition) is 2. The molecule has 2 aromatic rings. The Morgan fingerprint density at radius 3 is 2.43 bits per heavy atom. The number of nitrogen functional groups attached to an aromatic ring is 1. The zero-order chi connectivity index (χ0) is 16.6. The molecule has 3 N–H and O–H groups in total. The Morgan fingerprint density at radius 2 is 1.78 bits per heavy atom. The number of benzene rings is 1. The van der Waals surface area contributed by atoms with Crippen molar-refractivity contribution in [2.24, 2.45) is 5.41 Å². The third-order valence-electron chi connectivity index (χ3n) is 4.46. The molecule has 2 heterocycles. The van der Waals surface area contributed by atoms with Crippen molar-refractivity contribution in [3.05, 3.63) is 30.9 Å². The van der Waals surface area contributed by atoms with E-state index in [9.17, 15) is 5.11 Å². The molecule has 0 amide bonds. The molecule has 0 bridgehead atoms. The highest BCUT2D eigenvalue weighted by Gasteiger charge is 2.38. The summed E-state index contributed by atoms with van der Waals surface area (Å²) in [4.78, 5) is 2.29. The molecule has 2 atom stereocenters. The number of piperidine rings is 1. The number of nitrogens with two attached hydrogens (primary N) is 1. The fourth-order valence-corrected chi connectivity index (χ4v) is 3.58. The van der Waals surface area contributed by atoms with Crippen LogP contribution >= 0.6 is 0 Å². The number of nitrogens with zero attached hydrogens (tertiary/aromatic N) is 4. The first kappa shape index (κ1) is 15.8. The average molecular weight is 315 g/mol. The maximum Gasteiger partial charge on any atom is 0.123 e. The molecule has 6 nitrogen and oxygen atoms in total. The van der Waals surface area contributed by atoms with Crippen molar-refractivity contribution in [3.8, 4) is 5.69 Å². The Morgan fingerprint density at radius 1 is 1.13 bits per heavy atom. The Labute approximate surface area is 136 Å². The molecular weight excluding hydrogens is 290 g/mol. The fourth-order valence-electron chi connectivity index (χ4n) is 3.58. The summed E-state index contributed by atoms with van der Waals surface area (Å²) in [7, 11) is 0.